The van der Waals surface area contributed by atoms with Crippen LogP contribution in [0.25, 0.3) is 0 Å². The van der Waals surface area contributed by atoms with Gasteiger partial charge in [0.15, 0.2) is 0 Å². The van der Waals surface area contributed by atoms with Gasteiger partial charge in [-0.3, -0.25) is 25.0 Å². The van der Waals surface area contributed by atoms with E-state index < -0.39 is 40.3 Å². The first-order valence-electron chi connectivity index (χ1n) is 11.0. The molecule has 3 heterocycles. The SMILES string of the molecule is O=C(Cc1ccccc1OC[C@H]1CCCN1)NNC(=O)[C@@H]1CC[C@@H]2CN1C(=O)N2OS(=O)(=O)O. The largest absolute Gasteiger partial charge is 0.492 e. The number of amides is 4. The highest BCUT2D eigenvalue weighted by atomic mass is 32.3. The molecule has 0 aliphatic carbocycles. The lowest BCUT2D eigenvalue weighted by Crippen LogP contribution is -2.54. The second-order valence-electron chi connectivity index (χ2n) is 8.44. The van der Waals surface area contributed by atoms with Crippen LogP contribution in [0.15, 0.2) is 24.3 Å². The summed E-state index contributed by atoms with van der Waals surface area (Å²) >= 11 is 0. The van der Waals surface area contributed by atoms with Crippen molar-refractivity contribution in [1.82, 2.24) is 26.1 Å². The lowest BCUT2D eigenvalue weighted by atomic mass is 10.0. The first kappa shape index (κ1) is 24.2. The second kappa shape index (κ2) is 10.1. The minimum atomic E-state index is -4.87. The summed E-state index contributed by atoms with van der Waals surface area (Å²) in [6, 6.07) is 5.06. The second-order valence-corrected chi connectivity index (χ2v) is 9.44. The normalized spacial score (nSPS) is 24.3. The molecule has 34 heavy (non-hydrogen) atoms. The molecular weight excluding hydrogens is 470 g/mol. The van der Waals surface area contributed by atoms with Gasteiger partial charge in [0.1, 0.15) is 18.4 Å². The van der Waals surface area contributed by atoms with Gasteiger partial charge < -0.3 is 15.0 Å². The highest BCUT2D eigenvalue weighted by Crippen LogP contribution is 2.30. The predicted molar refractivity (Wildman–Crippen MR) is 116 cm³/mol. The average molecular weight is 498 g/mol. The smallest absolute Gasteiger partial charge is 0.418 e. The lowest BCUT2D eigenvalue weighted by Gasteiger charge is -2.29. The molecule has 0 spiro atoms. The number of rotatable bonds is 8. The van der Waals surface area contributed by atoms with E-state index >= 15 is 0 Å². The molecule has 2 bridgehead atoms. The van der Waals surface area contributed by atoms with Gasteiger partial charge in [-0.15, -0.1) is 4.28 Å². The number of carbonyl (C=O) groups excluding carboxylic acids is 3. The average Bonchev–Trinajstić information content (AvgIpc) is 3.39. The molecule has 3 fully saturated rings. The van der Waals surface area contributed by atoms with Gasteiger partial charge in [-0.2, -0.15) is 13.5 Å². The van der Waals surface area contributed by atoms with Crippen molar-refractivity contribution >= 4 is 28.2 Å². The van der Waals surface area contributed by atoms with E-state index in [0.717, 1.165) is 24.3 Å². The van der Waals surface area contributed by atoms with E-state index in [9.17, 15) is 22.8 Å². The quantitative estimate of drug-likeness (QED) is 0.274. The van der Waals surface area contributed by atoms with Crippen LogP contribution in [0.2, 0.25) is 0 Å². The summed E-state index contributed by atoms with van der Waals surface area (Å²) in [4.78, 5) is 38.6. The van der Waals surface area contributed by atoms with Crippen molar-refractivity contribution in [2.45, 2.75) is 50.2 Å². The maximum absolute atomic E-state index is 12.6. The van der Waals surface area contributed by atoms with Crippen LogP contribution in [0.4, 0.5) is 4.79 Å². The van der Waals surface area contributed by atoms with Gasteiger partial charge in [-0.05, 0) is 38.3 Å². The van der Waals surface area contributed by atoms with Crippen LogP contribution >= 0.6 is 0 Å². The Balaban J connectivity index is 1.28. The van der Waals surface area contributed by atoms with Crippen LogP contribution in [0.1, 0.15) is 31.2 Å². The number of ether oxygens (including phenoxy) is 1. The molecule has 0 aromatic heterocycles. The van der Waals surface area contributed by atoms with E-state index in [2.05, 4.69) is 20.5 Å². The zero-order chi connectivity index (χ0) is 24.3. The van der Waals surface area contributed by atoms with Crippen molar-refractivity contribution in [3.05, 3.63) is 29.8 Å². The van der Waals surface area contributed by atoms with Crippen LogP contribution in [0.5, 0.6) is 5.75 Å². The molecule has 3 atom stereocenters. The molecule has 3 aliphatic heterocycles. The number of benzene rings is 1. The van der Waals surface area contributed by atoms with E-state index in [-0.39, 0.29) is 31.8 Å². The number of hydrogen-bond donors (Lipinski definition) is 4. The number of fused-ring (bicyclic) bond motifs is 2. The van der Waals surface area contributed by atoms with E-state index in [1.54, 1.807) is 18.2 Å². The van der Waals surface area contributed by atoms with Crippen LogP contribution < -0.4 is 20.9 Å². The molecule has 3 saturated heterocycles. The van der Waals surface area contributed by atoms with Gasteiger partial charge in [-0.25, -0.2) is 4.79 Å². The number of carbonyl (C=O) groups is 3. The maximum atomic E-state index is 12.6. The summed E-state index contributed by atoms with van der Waals surface area (Å²) in [6.07, 6.45) is 2.63. The Labute approximate surface area is 196 Å². The van der Waals surface area contributed by atoms with E-state index in [1.165, 1.54) is 0 Å². The summed E-state index contributed by atoms with van der Waals surface area (Å²) in [6.45, 7) is 1.52. The topological polar surface area (TPSA) is 167 Å². The maximum Gasteiger partial charge on any atom is 0.418 e. The first-order chi connectivity index (χ1) is 16.2. The standard InChI is InChI=1S/C20H27N5O8S/c26-18(10-13-4-1-2-6-17(13)32-12-14-5-3-9-21-14)22-23-19(27)16-8-7-15-11-24(16)20(28)25(15)33-34(29,30)31/h1-2,4,6,14-16,21H,3,5,7-12H2,(H,22,26)(H,23,27)(H,29,30,31)/t14-,15-,16+/m1/s1. The predicted octanol–water partition coefficient (Wildman–Crippen LogP) is -0.490. The number of hydrazine groups is 1. The number of urea groups is 1. The Hall–Kier alpha value is -2.94. The fraction of sp³-hybridized carbons (Fsp3) is 0.550. The molecule has 4 amide bonds. The monoisotopic (exact) mass is 497 g/mol. The van der Waals surface area contributed by atoms with Crippen LogP contribution in [-0.4, -0.2) is 78.6 Å². The summed E-state index contributed by atoms with van der Waals surface area (Å²) in [5.74, 6) is -0.496. The molecular formula is C20H27N5O8S. The number of hydroxylamine groups is 2. The molecule has 0 saturated carbocycles. The minimum absolute atomic E-state index is 0.0279. The van der Waals surface area contributed by atoms with Crippen molar-refractivity contribution < 1.29 is 36.4 Å². The third kappa shape index (κ3) is 5.75. The van der Waals surface area contributed by atoms with Crippen LogP contribution in [-0.2, 0) is 30.7 Å². The Bertz CT molecular complexity index is 1050. The highest BCUT2D eigenvalue weighted by Gasteiger charge is 2.49. The van der Waals surface area contributed by atoms with E-state index in [4.69, 9.17) is 9.29 Å². The molecule has 13 nitrogen and oxygen atoms in total. The van der Waals surface area contributed by atoms with Crippen molar-refractivity contribution in [3.63, 3.8) is 0 Å². The molecule has 4 N–H and O–H groups in total. The Morgan fingerprint density at radius 1 is 1.18 bits per heavy atom. The molecule has 14 heteroatoms. The van der Waals surface area contributed by atoms with E-state index in [0.29, 0.717) is 23.0 Å². The number of para-hydroxylation sites is 1. The number of nitrogens with one attached hydrogen (secondary N) is 3. The van der Waals surface area contributed by atoms with Gasteiger partial charge in [0.2, 0.25) is 5.91 Å². The summed E-state index contributed by atoms with van der Waals surface area (Å²) in [7, 11) is -4.87. The third-order valence-corrected chi connectivity index (χ3v) is 6.40. The fourth-order valence-electron chi connectivity index (χ4n) is 4.42. The molecule has 1 aromatic carbocycles. The van der Waals surface area contributed by atoms with Crippen molar-refractivity contribution in [2.75, 3.05) is 19.7 Å². The molecule has 0 unspecified atom stereocenters. The number of piperidine rings is 1. The summed E-state index contributed by atoms with van der Waals surface area (Å²) in [5.41, 5.74) is 5.34. The lowest BCUT2D eigenvalue weighted by molar-refractivity contribution is -0.131. The molecule has 0 radical (unpaired) electrons. The third-order valence-electron chi connectivity index (χ3n) is 6.05. The van der Waals surface area contributed by atoms with Gasteiger partial charge in [0.25, 0.3) is 5.91 Å². The zero-order valence-corrected chi connectivity index (χ0v) is 19.1. The van der Waals surface area contributed by atoms with Gasteiger partial charge >= 0.3 is 16.4 Å². The molecule has 4 rings (SSSR count). The van der Waals surface area contributed by atoms with E-state index in [1.807, 2.05) is 6.07 Å². The number of nitrogens with zero attached hydrogens (tertiary/aromatic N) is 2. The van der Waals surface area contributed by atoms with Crippen molar-refractivity contribution in [2.24, 2.45) is 0 Å². The zero-order valence-electron chi connectivity index (χ0n) is 18.3. The fourth-order valence-corrected chi connectivity index (χ4v) is 4.80. The van der Waals surface area contributed by atoms with Crippen molar-refractivity contribution in [3.8, 4) is 5.75 Å². The molecule has 3 aliphatic rings. The number of hydrogen-bond acceptors (Lipinski definition) is 8. The van der Waals surface area contributed by atoms with Gasteiger partial charge in [0, 0.05) is 18.2 Å². The summed E-state index contributed by atoms with van der Waals surface area (Å²) in [5, 5.41) is 3.90. The molecule has 186 valence electrons. The van der Waals surface area contributed by atoms with Gasteiger partial charge in [-0.1, -0.05) is 18.2 Å². The Kier molecular flexibility index (Phi) is 7.21. The molecule has 1 aromatic rings. The van der Waals surface area contributed by atoms with Crippen molar-refractivity contribution in [1.29, 1.82) is 0 Å². The Morgan fingerprint density at radius 3 is 2.71 bits per heavy atom. The highest BCUT2D eigenvalue weighted by molar-refractivity contribution is 7.80. The van der Waals surface area contributed by atoms with Gasteiger partial charge in [0.05, 0.1) is 12.5 Å². The van der Waals surface area contributed by atoms with Crippen LogP contribution in [0, 0.1) is 0 Å². The summed E-state index contributed by atoms with van der Waals surface area (Å²) < 4.78 is 41.0. The van der Waals surface area contributed by atoms with Crippen LogP contribution in [0.3, 0.4) is 0 Å². The Morgan fingerprint density at radius 2 is 1.97 bits per heavy atom. The minimum Gasteiger partial charge on any atom is -0.492 e. The first-order valence-corrected chi connectivity index (χ1v) is 12.4.